The Morgan fingerprint density at radius 2 is 2.19 bits per heavy atom. The molecule has 0 fully saturated rings. The van der Waals surface area contributed by atoms with Crippen LogP contribution in [0.2, 0.25) is 0 Å². The molecule has 7 heteroatoms. The van der Waals surface area contributed by atoms with E-state index in [1.807, 2.05) is 6.26 Å². The molecule has 0 saturated carbocycles. The van der Waals surface area contributed by atoms with E-state index in [9.17, 15) is 9.59 Å². The Kier molecular flexibility index (Phi) is 7.96. The molecule has 0 aromatic rings. The maximum atomic E-state index is 11.4. The molecule has 0 aliphatic heterocycles. The van der Waals surface area contributed by atoms with Gasteiger partial charge in [0.1, 0.15) is 12.1 Å². The van der Waals surface area contributed by atoms with Gasteiger partial charge in [0.2, 0.25) is 5.91 Å². The predicted octanol–water partition coefficient (Wildman–Crippen LogP) is -1.28. The topological polar surface area (TPSA) is 102 Å². The van der Waals surface area contributed by atoms with Crippen LogP contribution in [-0.4, -0.2) is 54.8 Å². The van der Waals surface area contributed by atoms with Gasteiger partial charge in [-0.1, -0.05) is 0 Å². The minimum absolute atomic E-state index is 0.456. The molecular formula is C9H18N2O4S. The molecule has 94 valence electrons. The van der Waals surface area contributed by atoms with Gasteiger partial charge in [0.05, 0.1) is 13.7 Å². The van der Waals surface area contributed by atoms with Crippen LogP contribution in [-0.2, 0) is 14.3 Å². The molecule has 0 aromatic carbocycles. The fraction of sp³-hybridized carbons (Fsp3) is 0.778. The lowest BCUT2D eigenvalue weighted by Gasteiger charge is -2.17. The average molecular weight is 250 g/mol. The van der Waals surface area contributed by atoms with E-state index in [1.54, 1.807) is 11.8 Å². The minimum atomic E-state index is -1.01. The second-order valence-electron chi connectivity index (χ2n) is 3.15. The van der Waals surface area contributed by atoms with Gasteiger partial charge in [0.15, 0.2) is 0 Å². The summed E-state index contributed by atoms with van der Waals surface area (Å²) < 4.78 is 4.56. The molecule has 0 aliphatic rings. The van der Waals surface area contributed by atoms with E-state index in [2.05, 4.69) is 10.1 Å². The van der Waals surface area contributed by atoms with Gasteiger partial charge in [-0.3, -0.25) is 4.79 Å². The Balaban J connectivity index is 4.30. The number of hydrogen-bond acceptors (Lipinski definition) is 6. The van der Waals surface area contributed by atoms with E-state index in [0.29, 0.717) is 12.2 Å². The van der Waals surface area contributed by atoms with Gasteiger partial charge in [-0.05, 0) is 18.4 Å². The monoisotopic (exact) mass is 250 g/mol. The molecule has 0 rings (SSSR count). The third-order valence-electron chi connectivity index (χ3n) is 1.95. The number of methoxy groups -OCH3 is 1. The summed E-state index contributed by atoms with van der Waals surface area (Å²) in [7, 11) is 1.26. The number of carbonyl (C=O) groups excluding carboxylic acids is 2. The van der Waals surface area contributed by atoms with E-state index in [4.69, 9.17) is 10.8 Å². The van der Waals surface area contributed by atoms with E-state index in [1.165, 1.54) is 7.11 Å². The van der Waals surface area contributed by atoms with Crippen molar-refractivity contribution in [1.29, 1.82) is 0 Å². The first-order valence-electron chi connectivity index (χ1n) is 4.80. The lowest BCUT2D eigenvalue weighted by molar-refractivity contribution is -0.145. The molecular weight excluding hydrogens is 232 g/mol. The summed E-state index contributed by atoms with van der Waals surface area (Å²) in [5.74, 6) is -0.347. The maximum absolute atomic E-state index is 11.4. The van der Waals surface area contributed by atoms with Crippen LogP contribution < -0.4 is 11.1 Å². The van der Waals surface area contributed by atoms with Gasteiger partial charge >= 0.3 is 5.97 Å². The summed E-state index contributed by atoms with van der Waals surface area (Å²) in [6, 6.07) is -1.72. The third-order valence-corrected chi connectivity index (χ3v) is 2.59. The van der Waals surface area contributed by atoms with Crippen molar-refractivity contribution in [2.75, 3.05) is 25.7 Å². The summed E-state index contributed by atoms with van der Waals surface area (Å²) in [5, 5.41) is 11.1. The van der Waals surface area contributed by atoms with Crippen molar-refractivity contribution >= 4 is 23.6 Å². The molecule has 0 spiro atoms. The molecule has 1 amide bonds. The molecule has 0 aliphatic carbocycles. The Bertz CT molecular complexity index is 238. The van der Waals surface area contributed by atoms with Crippen LogP contribution in [0.1, 0.15) is 6.42 Å². The second-order valence-corrected chi connectivity index (χ2v) is 4.14. The quantitative estimate of drug-likeness (QED) is 0.486. The number of thioether (sulfide) groups is 1. The number of aliphatic hydroxyl groups is 1. The summed E-state index contributed by atoms with van der Waals surface area (Å²) in [5.41, 5.74) is 5.32. The zero-order valence-corrected chi connectivity index (χ0v) is 10.3. The van der Waals surface area contributed by atoms with Gasteiger partial charge in [-0.2, -0.15) is 11.8 Å². The van der Waals surface area contributed by atoms with Crippen molar-refractivity contribution < 1.29 is 19.4 Å². The number of nitrogens with one attached hydrogen (secondary N) is 1. The zero-order chi connectivity index (χ0) is 12.6. The fourth-order valence-corrected chi connectivity index (χ4v) is 1.46. The Morgan fingerprint density at radius 1 is 1.56 bits per heavy atom. The van der Waals surface area contributed by atoms with Gasteiger partial charge in [-0.15, -0.1) is 0 Å². The first-order chi connectivity index (χ1) is 7.56. The number of rotatable bonds is 7. The van der Waals surface area contributed by atoms with Crippen LogP contribution in [0.5, 0.6) is 0 Å². The highest BCUT2D eigenvalue weighted by Crippen LogP contribution is 2.02. The summed E-state index contributed by atoms with van der Waals surface area (Å²) in [6.07, 6.45) is 2.37. The van der Waals surface area contributed by atoms with Crippen LogP contribution in [0.25, 0.3) is 0 Å². The van der Waals surface area contributed by atoms with Crippen molar-refractivity contribution in [3.63, 3.8) is 0 Å². The molecule has 0 saturated heterocycles. The molecule has 0 bridgehead atoms. The number of amides is 1. The molecule has 0 aromatic heterocycles. The van der Waals surface area contributed by atoms with Crippen molar-refractivity contribution in [2.45, 2.75) is 18.5 Å². The van der Waals surface area contributed by atoms with Gasteiger partial charge in [0, 0.05) is 0 Å². The minimum Gasteiger partial charge on any atom is -0.467 e. The molecule has 0 heterocycles. The number of hydrogen-bond donors (Lipinski definition) is 3. The van der Waals surface area contributed by atoms with Crippen LogP contribution >= 0.6 is 11.8 Å². The normalized spacial score (nSPS) is 14.0. The van der Waals surface area contributed by atoms with Gasteiger partial charge in [-0.25, -0.2) is 4.79 Å². The summed E-state index contributed by atoms with van der Waals surface area (Å²) in [6.45, 7) is -0.456. The van der Waals surface area contributed by atoms with E-state index in [0.717, 1.165) is 0 Å². The van der Waals surface area contributed by atoms with Gasteiger partial charge in [0.25, 0.3) is 0 Å². The number of nitrogens with two attached hydrogens (primary N) is 1. The molecule has 4 N–H and O–H groups in total. The number of esters is 1. The highest BCUT2D eigenvalue weighted by atomic mass is 32.2. The molecule has 2 atom stereocenters. The standard InChI is InChI=1S/C9H18N2O4S/c1-15-9(14)7(3-4-16-2)11-8(13)6(10)5-12/h6-7,12H,3-5,10H2,1-2H3,(H,11,13)/t6-,7-/m0/s1. The van der Waals surface area contributed by atoms with Crippen LogP contribution in [0, 0.1) is 0 Å². The van der Waals surface area contributed by atoms with E-state index < -0.39 is 30.6 Å². The van der Waals surface area contributed by atoms with Crippen LogP contribution in [0.4, 0.5) is 0 Å². The van der Waals surface area contributed by atoms with Crippen LogP contribution in [0.15, 0.2) is 0 Å². The first-order valence-corrected chi connectivity index (χ1v) is 6.19. The zero-order valence-electron chi connectivity index (χ0n) is 9.43. The maximum Gasteiger partial charge on any atom is 0.328 e. The smallest absolute Gasteiger partial charge is 0.328 e. The Labute approximate surface area is 98.9 Å². The molecule has 0 radical (unpaired) electrons. The van der Waals surface area contributed by atoms with Crippen molar-refractivity contribution in [1.82, 2.24) is 5.32 Å². The largest absolute Gasteiger partial charge is 0.467 e. The molecule has 16 heavy (non-hydrogen) atoms. The Morgan fingerprint density at radius 3 is 2.62 bits per heavy atom. The predicted molar refractivity (Wildman–Crippen MR) is 62.0 cm³/mol. The van der Waals surface area contributed by atoms with E-state index in [-0.39, 0.29) is 0 Å². The molecule has 0 unspecified atom stereocenters. The molecule has 6 nitrogen and oxygen atoms in total. The van der Waals surface area contributed by atoms with Crippen molar-refractivity contribution in [2.24, 2.45) is 5.73 Å². The van der Waals surface area contributed by atoms with Crippen molar-refractivity contribution in [3.05, 3.63) is 0 Å². The highest BCUT2D eigenvalue weighted by molar-refractivity contribution is 7.98. The van der Waals surface area contributed by atoms with Crippen LogP contribution in [0.3, 0.4) is 0 Å². The lowest BCUT2D eigenvalue weighted by atomic mass is 10.2. The highest BCUT2D eigenvalue weighted by Gasteiger charge is 2.23. The number of carbonyl (C=O) groups is 2. The Hall–Kier alpha value is -0.790. The third kappa shape index (κ3) is 5.34. The van der Waals surface area contributed by atoms with Crippen molar-refractivity contribution in [3.8, 4) is 0 Å². The second kappa shape index (κ2) is 8.37. The summed E-state index contributed by atoms with van der Waals surface area (Å²) >= 11 is 1.56. The number of aliphatic hydroxyl groups excluding tert-OH is 1. The lowest BCUT2D eigenvalue weighted by Crippen LogP contribution is -2.50. The SMILES string of the molecule is COC(=O)[C@H](CCSC)NC(=O)[C@@H](N)CO. The number of ether oxygens (including phenoxy) is 1. The average Bonchev–Trinajstić information content (AvgIpc) is 2.31. The summed E-state index contributed by atoms with van der Waals surface area (Å²) in [4.78, 5) is 22.7. The first kappa shape index (κ1) is 15.2. The van der Waals surface area contributed by atoms with E-state index >= 15 is 0 Å². The fourth-order valence-electron chi connectivity index (χ4n) is 0.989. The van der Waals surface area contributed by atoms with Gasteiger partial charge < -0.3 is 20.9 Å².